The van der Waals surface area contributed by atoms with Crippen molar-refractivity contribution in [3.05, 3.63) is 16.4 Å². The van der Waals surface area contributed by atoms with Gasteiger partial charge in [-0.15, -0.1) is 0 Å². The van der Waals surface area contributed by atoms with Gasteiger partial charge in [0.2, 0.25) is 0 Å². The third-order valence-corrected chi connectivity index (χ3v) is 5.11. The van der Waals surface area contributed by atoms with Crippen LogP contribution in [0.1, 0.15) is 50.8 Å². The maximum atomic E-state index is 6.40. The number of halogens is 1. The molecule has 1 aliphatic rings. The fourth-order valence-electron chi connectivity index (χ4n) is 3.49. The van der Waals surface area contributed by atoms with Crippen molar-refractivity contribution >= 4 is 11.6 Å². The number of hydrogen-bond acceptors (Lipinski definition) is 2. The predicted octanol–water partition coefficient (Wildman–Crippen LogP) is 3.73. The molecule has 20 heavy (non-hydrogen) atoms. The van der Waals surface area contributed by atoms with Gasteiger partial charge in [-0.1, -0.05) is 25.4 Å². The van der Waals surface area contributed by atoms with Gasteiger partial charge in [-0.2, -0.15) is 5.10 Å². The number of aromatic nitrogens is 2. The summed E-state index contributed by atoms with van der Waals surface area (Å²) in [7, 11) is 1.93. The van der Waals surface area contributed by atoms with E-state index in [1.54, 1.807) is 4.68 Å². The Morgan fingerprint density at radius 3 is 2.75 bits per heavy atom. The van der Waals surface area contributed by atoms with Gasteiger partial charge in [0, 0.05) is 18.7 Å². The molecule has 0 saturated heterocycles. The van der Waals surface area contributed by atoms with Crippen LogP contribution in [-0.4, -0.2) is 22.4 Å². The minimum Gasteiger partial charge on any atom is -0.314 e. The zero-order valence-corrected chi connectivity index (χ0v) is 14.0. The molecule has 1 saturated carbocycles. The molecule has 3 atom stereocenters. The van der Waals surface area contributed by atoms with Gasteiger partial charge in [0.25, 0.3) is 0 Å². The standard InChI is InChI=1S/C16H28ClN3/c1-5-8-18-15-7-6-11(2)9-13(15)10-14-12(3)19-20(4)16(14)17/h11,13,15,18H,5-10H2,1-4H3. The molecule has 0 radical (unpaired) electrons. The Balaban J connectivity index is 2.10. The molecule has 1 aromatic rings. The predicted molar refractivity (Wildman–Crippen MR) is 85.2 cm³/mol. The van der Waals surface area contributed by atoms with Gasteiger partial charge in [0.05, 0.1) is 5.69 Å². The van der Waals surface area contributed by atoms with Crippen LogP contribution in [0.2, 0.25) is 5.15 Å². The van der Waals surface area contributed by atoms with Crippen LogP contribution in [0, 0.1) is 18.8 Å². The summed E-state index contributed by atoms with van der Waals surface area (Å²) in [5.41, 5.74) is 2.33. The summed E-state index contributed by atoms with van der Waals surface area (Å²) < 4.78 is 1.80. The van der Waals surface area contributed by atoms with Gasteiger partial charge in [-0.05, 0) is 57.4 Å². The lowest BCUT2D eigenvalue weighted by Crippen LogP contribution is -2.41. The van der Waals surface area contributed by atoms with Crippen molar-refractivity contribution in [3.8, 4) is 0 Å². The highest BCUT2D eigenvalue weighted by atomic mass is 35.5. The molecule has 2 rings (SSSR count). The van der Waals surface area contributed by atoms with Crippen molar-refractivity contribution in [2.24, 2.45) is 18.9 Å². The van der Waals surface area contributed by atoms with Crippen LogP contribution in [0.3, 0.4) is 0 Å². The largest absolute Gasteiger partial charge is 0.314 e. The fourth-order valence-corrected chi connectivity index (χ4v) is 3.74. The molecule has 3 nitrogen and oxygen atoms in total. The first-order chi connectivity index (χ1) is 9.52. The Morgan fingerprint density at radius 1 is 1.40 bits per heavy atom. The van der Waals surface area contributed by atoms with E-state index in [0.29, 0.717) is 12.0 Å². The molecule has 1 aliphatic carbocycles. The minimum absolute atomic E-state index is 0.641. The molecular formula is C16H28ClN3. The molecule has 0 aromatic carbocycles. The van der Waals surface area contributed by atoms with Gasteiger partial charge in [-0.25, -0.2) is 0 Å². The number of rotatable bonds is 5. The second kappa shape index (κ2) is 6.95. The minimum atomic E-state index is 0.641. The van der Waals surface area contributed by atoms with Gasteiger partial charge in [-0.3, -0.25) is 4.68 Å². The first-order valence-electron chi connectivity index (χ1n) is 7.94. The zero-order valence-electron chi connectivity index (χ0n) is 13.2. The quantitative estimate of drug-likeness (QED) is 0.897. The molecule has 1 N–H and O–H groups in total. The Hall–Kier alpha value is -0.540. The van der Waals surface area contributed by atoms with Crippen LogP contribution in [0.15, 0.2) is 0 Å². The summed E-state index contributed by atoms with van der Waals surface area (Å²) in [5.74, 6) is 1.51. The van der Waals surface area contributed by atoms with Gasteiger partial charge in [0.15, 0.2) is 0 Å². The Bertz CT molecular complexity index is 439. The van der Waals surface area contributed by atoms with E-state index >= 15 is 0 Å². The second-order valence-electron chi connectivity index (χ2n) is 6.42. The molecular weight excluding hydrogens is 270 g/mol. The van der Waals surface area contributed by atoms with E-state index in [1.807, 2.05) is 7.05 Å². The van der Waals surface area contributed by atoms with Crippen molar-refractivity contribution in [3.63, 3.8) is 0 Å². The molecule has 1 aromatic heterocycles. The summed E-state index contributed by atoms with van der Waals surface area (Å²) in [6.07, 6.45) is 6.20. The van der Waals surface area contributed by atoms with E-state index in [4.69, 9.17) is 11.6 Å². The van der Waals surface area contributed by atoms with Crippen LogP contribution in [0.25, 0.3) is 0 Å². The third-order valence-electron chi connectivity index (χ3n) is 4.64. The Morgan fingerprint density at radius 2 is 2.15 bits per heavy atom. The van der Waals surface area contributed by atoms with Crippen molar-refractivity contribution in [2.75, 3.05) is 6.54 Å². The summed E-state index contributed by atoms with van der Waals surface area (Å²) in [6, 6.07) is 0.641. The average molecular weight is 298 g/mol. The van der Waals surface area contributed by atoms with E-state index in [0.717, 1.165) is 29.7 Å². The highest BCUT2D eigenvalue weighted by molar-refractivity contribution is 6.30. The van der Waals surface area contributed by atoms with Crippen LogP contribution >= 0.6 is 11.6 Å². The lowest BCUT2D eigenvalue weighted by molar-refractivity contribution is 0.212. The summed E-state index contributed by atoms with van der Waals surface area (Å²) in [6.45, 7) is 7.80. The first kappa shape index (κ1) is 15.8. The smallest absolute Gasteiger partial charge is 0.130 e. The van der Waals surface area contributed by atoms with Crippen molar-refractivity contribution in [2.45, 2.75) is 58.9 Å². The zero-order chi connectivity index (χ0) is 14.7. The topological polar surface area (TPSA) is 29.9 Å². The number of nitrogens with zero attached hydrogens (tertiary/aromatic N) is 2. The van der Waals surface area contributed by atoms with E-state index in [-0.39, 0.29) is 0 Å². The molecule has 3 unspecified atom stereocenters. The molecule has 1 fully saturated rings. The summed E-state index contributed by atoms with van der Waals surface area (Å²) in [4.78, 5) is 0. The van der Waals surface area contributed by atoms with Crippen molar-refractivity contribution in [1.29, 1.82) is 0 Å². The monoisotopic (exact) mass is 297 g/mol. The SMILES string of the molecule is CCCNC1CCC(C)CC1Cc1c(C)nn(C)c1Cl. The maximum absolute atomic E-state index is 6.40. The number of aryl methyl sites for hydroxylation is 2. The second-order valence-corrected chi connectivity index (χ2v) is 6.78. The number of hydrogen-bond donors (Lipinski definition) is 1. The lowest BCUT2D eigenvalue weighted by Gasteiger charge is -2.35. The summed E-state index contributed by atoms with van der Waals surface area (Å²) in [5, 5.41) is 9.00. The highest BCUT2D eigenvalue weighted by Crippen LogP contribution is 2.33. The molecule has 0 bridgehead atoms. The molecule has 114 valence electrons. The Labute approximate surface area is 128 Å². The number of nitrogens with one attached hydrogen (secondary N) is 1. The molecule has 1 heterocycles. The lowest BCUT2D eigenvalue weighted by atomic mass is 9.76. The van der Waals surface area contributed by atoms with E-state index in [9.17, 15) is 0 Å². The third kappa shape index (κ3) is 3.56. The van der Waals surface area contributed by atoms with Gasteiger partial charge >= 0.3 is 0 Å². The highest BCUT2D eigenvalue weighted by Gasteiger charge is 2.29. The Kier molecular flexibility index (Phi) is 5.50. The van der Waals surface area contributed by atoms with Crippen molar-refractivity contribution in [1.82, 2.24) is 15.1 Å². The van der Waals surface area contributed by atoms with Crippen molar-refractivity contribution < 1.29 is 0 Å². The van der Waals surface area contributed by atoms with E-state index in [1.165, 1.54) is 31.2 Å². The molecule has 0 spiro atoms. The fraction of sp³-hybridized carbons (Fsp3) is 0.812. The van der Waals surface area contributed by atoms with Crippen LogP contribution in [0.4, 0.5) is 0 Å². The van der Waals surface area contributed by atoms with Gasteiger partial charge in [0.1, 0.15) is 5.15 Å². The van der Waals surface area contributed by atoms with E-state index in [2.05, 4.69) is 31.2 Å². The summed E-state index contributed by atoms with van der Waals surface area (Å²) >= 11 is 6.40. The van der Waals surface area contributed by atoms with Gasteiger partial charge < -0.3 is 5.32 Å². The van der Waals surface area contributed by atoms with Crippen LogP contribution in [-0.2, 0) is 13.5 Å². The first-order valence-corrected chi connectivity index (χ1v) is 8.32. The normalized spacial score (nSPS) is 26.9. The molecule has 0 amide bonds. The molecule has 4 heteroatoms. The van der Waals surface area contributed by atoms with E-state index < -0.39 is 0 Å². The maximum Gasteiger partial charge on any atom is 0.130 e. The molecule has 0 aliphatic heterocycles. The average Bonchev–Trinajstić information content (AvgIpc) is 2.64. The van der Waals surface area contributed by atoms with Crippen LogP contribution in [0.5, 0.6) is 0 Å². The van der Waals surface area contributed by atoms with Crippen LogP contribution < -0.4 is 5.32 Å².